The first-order valence-electron chi connectivity index (χ1n) is 12.4. The number of imidazole rings is 1. The van der Waals surface area contributed by atoms with Crippen molar-refractivity contribution in [1.29, 1.82) is 0 Å². The second kappa shape index (κ2) is 9.35. The Morgan fingerprint density at radius 1 is 0.744 bits per heavy atom. The van der Waals surface area contributed by atoms with Crippen LogP contribution in [0.25, 0.3) is 55.7 Å². The minimum atomic E-state index is -0.182. The maximum absolute atomic E-state index is 12.6. The van der Waals surface area contributed by atoms with Crippen LogP contribution in [0.2, 0.25) is 0 Å². The third-order valence-electron chi connectivity index (χ3n) is 6.66. The van der Waals surface area contributed by atoms with E-state index >= 15 is 0 Å². The van der Waals surface area contributed by atoms with E-state index in [9.17, 15) is 4.79 Å². The molecule has 7 rings (SSSR count). The number of aromatic nitrogens is 6. The summed E-state index contributed by atoms with van der Waals surface area (Å²) in [5, 5.41) is 11.6. The second-order valence-electron chi connectivity index (χ2n) is 9.14. The molecule has 0 fully saturated rings. The van der Waals surface area contributed by atoms with Crippen LogP contribution >= 0.6 is 0 Å². The molecular weight excluding hydrogens is 486 g/mol. The average Bonchev–Trinajstić information content (AvgIpc) is 3.62. The zero-order valence-corrected chi connectivity index (χ0v) is 20.6. The summed E-state index contributed by atoms with van der Waals surface area (Å²) in [6.45, 7) is 0. The van der Waals surface area contributed by atoms with Gasteiger partial charge in [0.05, 0.1) is 28.4 Å². The van der Waals surface area contributed by atoms with Gasteiger partial charge < -0.3 is 10.3 Å². The number of benzene rings is 3. The highest BCUT2D eigenvalue weighted by atomic mass is 16.1. The van der Waals surface area contributed by atoms with Crippen molar-refractivity contribution in [1.82, 2.24) is 30.1 Å². The summed E-state index contributed by atoms with van der Waals surface area (Å²) in [5.74, 6) is 0.495. The van der Waals surface area contributed by atoms with Crippen molar-refractivity contribution in [3.8, 4) is 33.8 Å². The van der Waals surface area contributed by atoms with Crippen molar-refractivity contribution in [3.63, 3.8) is 0 Å². The number of H-pyrrole nitrogens is 2. The Hall–Kier alpha value is -5.63. The number of pyridine rings is 2. The Labute approximate surface area is 222 Å². The number of nitrogens with one attached hydrogen (secondary N) is 3. The maximum Gasteiger partial charge on any atom is 0.255 e. The standard InChI is InChI=1S/C31H21N7O/c39-31(20-5-2-1-3-6-20)34-23-15-22(17-33-18-23)21-9-10-26-25(16-21)29(38-37-26)30-35-27-8-4-7-24(28(27)36-30)19-11-13-32-14-12-19/h1-18H,(H,34,39)(H,35,36)(H,37,38). The van der Waals surface area contributed by atoms with E-state index in [4.69, 9.17) is 4.98 Å². The molecule has 0 saturated carbocycles. The fraction of sp³-hybridized carbons (Fsp3) is 0. The van der Waals surface area contributed by atoms with Crippen molar-refractivity contribution in [2.45, 2.75) is 0 Å². The largest absolute Gasteiger partial charge is 0.337 e. The molecule has 0 aliphatic carbocycles. The molecule has 8 heteroatoms. The molecular formula is C31H21N7O. The molecule has 8 nitrogen and oxygen atoms in total. The maximum atomic E-state index is 12.6. The van der Waals surface area contributed by atoms with Gasteiger partial charge in [0.25, 0.3) is 5.91 Å². The van der Waals surface area contributed by atoms with Gasteiger partial charge in [-0.25, -0.2) is 4.98 Å². The summed E-state index contributed by atoms with van der Waals surface area (Å²) in [6, 6.07) is 27.1. The highest BCUT2D eigenvalue weighted by molar-refractivity contribution is 6.04. The van der Waals surface area contributed by atoms with E-state index in [1.54, 1.807) is 36.9 Å². The fourth-order valence-electron chi connectivity index (χ4n) is 4.74. The first-order valence-corrected chi connectivity index (χ1v) is 12.4. The fourth-order valence-corrected chi connectivity index (χ4v) is 4.74. The monoisotopic (exact) mass is 507 g/mol. The van der Waals surface area contributed by atoms with Crippen LogP contribution in [0, 0.1) is 0 Å². The minimum absolute atomic E-state index is 0.182. The number of hydrogen-bond acceptors (Lipinski definition) is 5. The summed E-state index contributed by atoms with van der Waals surface area (Å²) >= 11 is 0. The summed E-state index contributed by atoms with van der Waals surface area (Å²) in [6.07, 6.45) is 6.98. The van der Waals surface area contributed by atoms with Crippen LogP contribution in [0.3, 0.4) is 0 Å². The number of para-hydroxylation sites is 1. The third-order valence-corrected chi connectivity index (χ3v) is 6.66. The first-order chi connectivity index (χ1) is 19.2. The molecule has 4 aromatic heterocycles. The quantitative estimate of drug-likeness (QED) is 0.247. The Balaban J connectivity index is 1.25. The number of nitrogens with zero attached hydrogens (tertiary/aromatic N) is 4. The smallest absolute Gasteiger partial charge is 0.255 e. The van der Waals surface area contributed by atoms with Crippen molar-refractivity contribution >= 4 is 33.5 Å². The van der Waals surface area contributed by atoms with Crippen LogP contribution in [0.4, 0.5) is 5.69 Å². The van der Waals surface area contributed by atoms with Gasteiger partial charge >= 0.3 is 0 Å². The molecule has 0 atom stereocenters. The summed E-state index contributed by atoms with van der Waals surface area (Å²) < 4.78 is 0. The Morgan fingerprint density at radius 3 is 2.49 bits per heavy atom. The number of hydrogen-bond donors (Lipinski definition) is 3. The first kappa shape index (κ1) is 22.6. The van der Waals surface area contributed by atoms with Crippen molar-refractivity contribution in [2.75, 3.05) is 5.32 Å². The van der Waals surface area contributed by atoms with Crippen LogP contribution in [0.15, 0.2) is 110 Å². The van der Waals surface area contributed by atoms with Gasteiger partial charge in [-0.05, 0) is 59.7 Å². The van der Waals surface area contributed by atoms with E-state index in [1.807, 2.05) is 60.7 Å². The second-order valence-corrected chi connectivity index (χ2v) is 9.14. The highest BCUT2D eigenvalue weighted by Crippen LogP contribution is 2.33. The number of anilines is 1. The number of amides is 1. The topological polar surface area (TPSA) is 112 Å². The van der Waals surface area contributed by atoms with E-state index in [1.165, 1.54) is 0 Å². The lowest BCUT2D eigenvalue weighted by Crippen LogP contribution is -2.11. The Kier molecular flexibility index (Phi) is 5.41. The molecule has 7 aromatic rings. The van der Waals surface area contributed by atoms with Gasteiger partial charge in [-0.3, -0.25) is 19.9 Å². The van der Waals surface area contributed by atoms with E-state index in [0.29, 0.717) is 17.1 Å². The zero-order chi connectivity index (χ0) is 26.2. The molecule has 3 aromatic carbocycles. The zero-order valence-electron chi connectivity index (χ0n) is 20.6. The molecule has 186 valence electrons. The van der Waals surface area contributed by atoms with E-state index in [2.05, 4.69) is 42.6 Å². The number of carbonyl (C=O) groups excluding carboxylic acids is 1. The SMILES string of the molecule is O=C(Nc1cncc(-c2ccc3[nH]nc(-c4nc5c(-c6ccncc6)cccc5[nH]4)c3c2)c1)c1ccccc1. The highest BCUT2D eigenvalue weighted by Gasteiger charge is 2.16. The van der Waals surface area contributed by atoms with Crippen molar-refractivity contribution in [3.05, 3.63) is 115 Å². The lowest BCUT2D eigenvalue weighted by Gasteiger charge is -2.08. The van der Waals surface area contributed by atoms with Crippen molar-refractivity contribution < 1.29 is 4.79 Å². The molecule has 0 aliphatic heterocycles. The van der Waals surface area contributed by atoms with Gasteiger partial charge in [-0.2, -0.15) is 5.10 Å². The number of rotatable bonds is 5. The van der Waals surface area contributed by atoms with E-state index in [-0.39, 0.29) is 5.91 Å². The normalized spacial score (nSPS) is 11.2. The molecule has 1 amide bonds. The summed E-state index contributed by atoms with van der Waals surface area (Å²) in [4.78, 5) is 29.5. The molecule has 39 heavy (non-hydrogen) atoms. The van der Waals surface area contributed by atoms with Gasteiger partial charge in [0.2, 0.25) is 0 Å². The number of aromatic amines is 2. The Bertz CT molecular complexity index is 1960. The van der Waals surface area contributed by atoms with Crippen LogP contribution < -0.4 is 5.32 Å². The van der Waals surface area contributed by atoms with Crippen molar-refractivity contribution in [2.24, 2.45) is 0 Å². The van der Waals surface area contributed by atoms with Crippen LogP contribution in [-0.2, 0) is 0 Å². The lowest BCUT2D eigenvalue weighted by molar-refractivity contribution is 0.102. The summed E-state index contributed by atoms with van der Waals surface area (Å²) in [7, 11) is 0. The van der Waals surface area contributed by atoms with E-state index < -0.39 is 0 Å². The molecule has 0 saturated heterocycles. The molecule has 0 aliphatic rings. The summed E-state index contributed by atoms with van der Waals surface area (Å²) in [5.41, 5.74) is 8.53. The lowest BCUT2D eigenvalue weighted by atomic mass is 10.0. The molecule has 3 N–H and O–H groups in total. The van der Waals surface area contributed by atoms with Gasteiger partial charge in [-0.15, -0.1) is 0 Å². The molecule has 0 unspecified atom stereocenters. The van der Waals surface area contributed by atoms with Crippen LogP contribution in [-0.4, -0.2) is 36.0 Å². The number of fused-ring (bicyclic) bond motifs is 2. The van der Waals surface area contributed by atoms with Crippen LogP contribution in [0.5, 0.6) is 0 Å². The van der Waals surface area contributed by atoms with Gasteiger partial charge in [0.15, 0.2) is 5.82 Å². The minimum Gasteiger partial charge on any atom is -0.337 e. The molecule has 0 bridgehead atoms. The molecule has 0 spiro atoms. The molecule has 0 radical (unpaired) electrons. The van der Waals surface area contributed by atoms with E-state index in [0.717, 1.165) is 49.9 Å². The molecule has 4 heterocycles. The van der Waals surface area contributed by atoms with Gasteiger partial charge in [-0.1, -0.05) is 36.4 Å². The average molecular weight is 508 g/mol. The van der Waals surface area contributed by atoms with Gasteiger partial charge in [0, 0.05) is 40.7 Å². The Morgan fingerprint density at radius 2 is 1.62 bits per heavy atom. The predicted octanol–water partition coefficient (Wildman–Crippen LogP) is 6.48. The number of carbonyl (C=O) groups is 1. The van der Waals surface area contributed by atoms with Gasteiger partial charge in [0.1, 0.15) is 5.69 Å². The van der Waals surface area contributed by atoms with Crippen LogP contribution in [0.1, 0.15) is 10.4 Å². The predicted molar refractivity (Wildman–Crippen MR) is 152 cm³/mol. The third kappa shape index (κ3) is 4.19.